The first-order valence-electron chi connectivity index (χ1n) is 36.2. The van der Waals surface area contributed by atoms with Crippen LogP contribution in [0, 0.1) is 0 Å². The summed E-state index contributed by atoms with van der Waals surface area (Å²) in [6.07, 6.45) is 56.4. The summed E-state index contributed by atoms with van der Waals surface area (Å²) in [5.74, 6) is -0.247. The number of aliphatic hydroxyl groups is 8. The van der Waals surface area contributed by atoms with E-state index in [0.717, 1.165) is 44.9 Å². The first-order valence-corrected chi connectivity index (χ1v) is 36.2. The highest BCUT2D eigenvalue weighted by atomic mass is 16.7. The normalized spacial score (nSPS) is 23.6. The van der Waals surface area contributed by atoms with E-state index in [0.29, 0.717) is 12.8 Å². The Balaban J connectivity index is 1.69. The topological polar surface area (TPSA) is 228 Å². The standard InChI is InChI=1S/C72H135NO13/c1-3-5-7-9-11-13-15-17-19-21-23-25-27-29-30-32-33-35-37-39-41-43-45-47-49-51-53-55-61(76)60(59-83-71-69(82)67(80)70(63(58-75)85-71)86-72-68(81)66(79)65(78)62(57-74)84-72)73-64(77)56-54-52-50-48-46-44-42-40-38-36-34-31-28-26-24-22-20-18-16-14-12-10-8-6-4-2/h37,39,45,47,53,55,60-63,65-72,74-76,78-82H,3-36,38,40-44,46,48-52,54,56-59H2,1-2H3,(H,73,77)/b39-37+,47-45+,55-53+. The Morgan fingerprint density at radius 1 is 0.407 bits per heavy atom. The number of carbonyl (C=O) groups excluding carboxylic acids is 1. The number of ether oxygens (including phenoxy) is 4. The molecule has 0 saturated carbocycles. The number of hydrogen-bond donors (Lipinski definition) is 9. The lowest BCUT2D eigenvalue weighted by atomic mass is 9.97. The number of nitrogens with one attached hydrogen (secondary N) is 1. The molecule has 0 radical (unpaired) electrons. The van der Waals surface area contributed by atoms with Gasteiger partial charge in [-0.15, -0.1) is 0 Å². The van der Waals surface area contributed by atoms with E-state index in [9.17, 15) is 45.6 Å². The van der Waals surface area contributed by atoms with Crippen molar-refractivity contribution in [1.82, 2.24) is 5.32 Å². The molecule has 2 aliphatic rings. The second-order valence-corrected chi connectivity index (χ2v) is 25.7. The summed E-state index contributed by atoms with van der Waals surface area (Å²) in [4.78, 5) is 13.3. The Morgan fingerprint density at radius 3 is 1.14 bits per heavy atom. The summed E-state index contributed by atoms with van der Waals surface area (Å²) in [6, 6.07) is -0.937. The average Bonchev–Trinajstić information content (AvgIpc) is 2.66. The Morgan fingerprint density at radius 2 is 0.744 bits per heavy atom. The molecular formula is C72H135NO13. The van der Waals surface area contributed by atoms with E-state index in [1.165, 1.54) is 244 Å². The molecule has 14 heteroatoms. The van der Waals surface area contributed by atoms with Gasteiger partial charge >= 0.3 is 0 Å². The maximum Gasteiger partial charge on any atom is 0.220 e. The lowest BCUT2D eigenvalue weighted by Gasteiger charge is -2.46. The van der Waals surface area contributed by atoms with Gasteiger partial charge in [-0.05, 0) is 44.9 Å². The van der Waals surface area contributed by atoms with Crippen LogP contribution in [0.25, 0.3) is 0 Å². The molecular weight excluding hydrogens is 1090 g/mol. The second-order valence-electron chi connectivity index (χ2n) is 25.7. The van der Waals surface area contributed by atoms with Gasteiger partial charge in [-0.1, -0.05) is 307 Å². The van der Waals surface area contributed by atoms with Crippen LogP contribution in [0.1, 0.15) is 322 Å². The van der Waals surface area contributed by atoms with Gasteiger partial charge in [-0.2, -0.15) is 0 Å². The van der Waals surface area contributed by atoms with Crippen molar-refractivity contribution in [1.29, 1.82) is 0 Å². The van der Waals surface area contributed by atoms with Gasteiger partial charge in [-0.3, -0.25) is 4.79 Å². The number of hydrogen-bond acceptors (Lipinski definition) is 13. The average molecular weight is 1220 g/mol. The third-order valence-electron chi connectivity index (χ3n) is 17.8. The molecule has 12 unspecified atom stereocenters. The summed E-state index contributed by atoms with van der Waals surface area (Å²) in [5, 5.41) is 87.4. The summed E-state index contributed by atoms with van der Waals surface area (Å²) in [7, 11) is 0. The maximum atomic E-state index is 13.3. The smallest absolute Gasteiger partial charge is 0.220 e. The molecule has 2 rings (SSSR count). The zero-order valence-electron chi connectivity index (χ0n) is 55.1. The molecule has 0 aromatic heterocycles. The Labute approximate surface area is 525 Å². The molecule has 2 heterocycles. The minimum absolute atomic E-state index is 0.247. The van der Waals surface area contributed by atoms with Gasteiger partial charge in [0.2, 0.25) is 5.91 Å². The van der Waals surface area contributed by atoms with Gasteiger partial charge in [0.05, 0.1) is 32.0 Å². The molecule has 0 aliphatic carbocycles. The Hall–Kier alpha value is -1.79. The maximum absolute atomic E-state index is 13.3. The fraction of sp³-hybridized carbons (Fsp3) is 0.903. The van der Waals surface area contributed by atoms with E-state index in [1.54, 1.807) is 6.08 Å². The lowest BCUT2D eigenvalue weighted by molar-refractivity contribution is -0.359. The van der Waals surface area contributed by atoms with Gasteiger partial charge in [-0.25, -0.2) is 0 Å². The zero-order valence-corrected chi connectivity index (χ0v) is 55.1. The second kappa shape index (κ2) is 57.1. The van der Waals surface area contributed by atoms with Crippen LogP contribution in [-0.4, -0.2) is 140 Å². The van der Waals surface area contributed by atoms with Crippen molar-refractivity contribution in [2.24, 2.45) is 0 Å². The van der Waals surface area contributed by atoms with E-state index in [2.05, 4.69) is 43.5 Å². The van der Waals surface area contributed by atoms with Crippen LogP contribution in [0.3, 0.4) is 0 Å². The van der Waals surface area contributed by atoms with Crippen LogP contribution in [0.2, 0.25) is 0 Å². The first kappa shape index (κ1) is 80.3. The van der Waals surface area contributed by atoms with Crippen molar-refractivity contribution in [3.63, 3.8) is 0 Å². The number of carbonyl (C=O) groups is 1. The van der Waals surface area contributed by atoms with Crippen LogP contribution in [-0.2, 0) is 23.7 Å². The van der Waals surface area contributed by atoms with Gasteiger partial charge < -0.3 is 65.1 Å². The summed E-state index contributed by atoms with van der Waals surface area (Å²) in [6.45, 7) is 2.83. The van der Waals surface area contributed by atoms with Crippen molar-refractivity contribution in [3.05, 3.63) is 36.5 Å². The van der Waals surface area contributed by atoms with E-state index >= 15 is 0 Å². The van der Waals surface area contributed by atoms with E-state index in [4.69, 9.17) is 18.9 Å². The Kier molecular flexibility index (Phi) is 53.4. The molecule has 1 amide bonds. The van der Waals surface area contributed by atoms with Gasteiger partial charge in [0.25, 0.3) is 0 Å². The summed E-state index contributed by atoms with van der Waals surface area (Å²) >= 11 is 0. The third kappa shape index (κ3) is 40.8. The van der Waals surface area contributed by atoms with Crippen LogP contribution in [0.15, 0.2) is 36.5 Å². The number of rotatable bonds is 60. The predicted octanol–water partition coefficient (Wildman–Crippen LogP) is 14.9. The quantitative estimate of drug-likeness (QED) is 0.0204. The predicted molar refractivity (Wildman–Crippen MR) is 351 cm³/mol. The first-order chi connectivity index (χ1) is 42.1. The van der Waals surface area contributed by atoms with E-state index in [-0.39, 0.29) is 18.9 Å². The number of aliphatic hydroxyl groups excluding tert-OH is 8. The fourth-order valence-corrected chi connectivity index (χ4v) is 12.0. The fourth-order valence-electron chi connectivity index (χ4n) is 12.0. The van der Waals surface area contributed by atoms with Crippen molar-refractivity contribution >= 4 is 5.91 Å². The molecule has 506 valence electrons. The highest BCUT2D eigenvalue weighted by molar-refractivity contribution is 5.76. The minimum Gasteiger partial charge on any atom is -0.394 e. The lowest BCUT2D eigenvalue weighted by Crippen LogP contribution is -2.65. The number of unbranched alkanes of at least 4 members (excludes halogenated alkanes) is 43. The monoisotopic (exact) mass is 1220 g/mol. The number of allylic oxidation sites excluding steroid dienone is 5. The Bertz CT molecular complexity index is 1580. The molecule has 14 nitrogen and oxygen atoms in total. The van der Waals surface area contributed by atoms with Crippen molar-refractivity contribution < 1.29 is 64.6 Å². The van der Waals surface area contributed by atoms with Crippen molar-refractivity contribution in [3.8, 4) is 0 Å². The SMILES string of the molecule is CCCCCCCCCCCCCCCCCCC/C=C/CC/C=C/CC/C=C/C(O)C(COC1OC(CO)C(OC2OC(CO)C(O)C(O)C2O)C(O)C1O)NC(=O)CCCCCCCCCCCCCCCCCCCCCCCCCCC. The molecule has 2 fully saturated rings. The molecule has 0 bridgehead atoms. The molecule has 86 heavy (non-hydrogen) atoms. The van der Waals surface area contributed by atoms with Gasteiger partial charge in [0, 0.05) is 6.42 Å². The van der Waals surface area contributed by atoms with Crippen LogP contribution < -0.4 is 5.32 Å². The largest absolute Gasteiger partial charge is 0.394 e. The van der Waals surface area contributed by atoms with Gasteiger partial charge in [0.15, 0.2) is 12.6 Å². The molecule has 9 N–H and O–H groups in total. The van der Waals surface area contributed by atoms with Crippen LogP contribution in [0.4, 0.5) is 0 Å². The highest BCUT2D eigenvalue weighted by Gasteiger charge is 2.51. The molecule has 12 atom stereocenters. The summed E-state index contributed by atoms with van der Waals surface area (Å²) in [5.41, 5.74) is 0. The minimum atomic E-state index is -1.79. The van der Waals surface area contributed by atoms with E-state index in [1.807, 2.05) is 6.08 Å². The van der Waals surface area contributed by atoms with Gasteiger partial charge in [0.1, 0.15) is 48.8 Å². The van der Waals surface area contributed by atoms with Crippen molar-refractivity contribution in [2.45, 2.75) is 396 Å². The zero-order chi connectivity index (χ0) is 62.3. The number of amides is 1. The van der Waals surface area contributed by atoms with Crippen molar-refractivity contribution in [2.75, 3.05) is 19.8 Å². The van der Waals surface area contributed by atoms with Crippen LogP contribution >= 0.6 is 0 Å². The molecule has 0 aromatic rings. The third-order valence-corrected chi connectivity index (χ3v) is 17.8. The molecule has 0 spiro atoms. The molecule has 2 saturated heterocycles. The summed E-state index contributed by atoms with van der Waals surface area (Å²) < 4.78 is 22.8. The molecule has 2 aliphatic heterocycles. The van der Waals surface area contributed by atoms with Crippen LogP contribution in [0.5, 0.6) is 0 Å². The van der Waals surface area contributed by atoms with E-state index < -0.39 is 86.8 Å². The molecule has 0 aromatic carbocycles. The highest BCUT2D eigenvalue weighted by Crippen LogP contribution is 2.30.